The maximum atomic E-state index is 10.7. The molecule has 0 aliphatic rings. The van der Waals surface area contributed by atoms with Crippen molar-refractivity contribution in [3.63, 3.8) is 0 Å². The summed E-state index contributed by atoms with van der Waals surface area (Å²) in [6.07, 6.45) is 4.88. The fraction of sp³-hybridized carbons (Fsp3) is 0.571. The summed E-state index contributed by atoms with van der Waals surface area (Å²) in [7, 11) is 0. The molecule has 0 aromatic carbocycles. The van der Waals surface area contributed by atoms with Gasteiger partial charge in [-0.25, -0.2) is 0 Å². The van der Waals surface area contributed by atoms with Crippen LogP contribution in [0.25, 0.3) is 0 Å². The highest BCUT2D eigenvalue weighted by Crippen LogP contribution is 1.85. The zero-order chi connectivity index (χ0) is 7.28. The molecule has 0 fully saturated rings. The van der Waals surface area contributed by atoms with Crippen LogP contribution in [0.15, 0.2) is 0 Å². The summed E-state index contributed by atoms with van der Waals surface area (Å²) in [4.78, 5) is 12.3. The molecule has 0 unspecified atom stereocenters. The van der Waals surface area contributed by atoms with Gasteiger partial charge < -0.3 is 4.90 Å². The Balaban J connectivity index is 3.83. The van der Waals surface area contributed by atoms with E-state index in [2.05, 4.69) is 5.92 Å². The number of carbonyl (C=O) groups excluding carboxylic acids is 1. The van der Waals surface area contributed by atoms with Gasteiger partial charge in [0, 0.05) is 13.1 Å². The van der Waals surface area contributed by atoms with Crippen molar-refractivity contribution in [1.29, 1.82) is 0 Å². The lowest BCUT2D eigenvalue weighted by molar-refractivity contribution is -0.124. The number of nitrogens with zero attached hydrogens (tertiary/aromatic N) is 1. The van der Waals surface area contributed by atoms with Crippen LogP contribution in [0, 0.1) is 12.3 Å². The van der Waals surface area contributed by atoms with Gasteiger partial charge in [0.05, 0.1) is 0 Å². The zero-order valence-corrected chi connectivity index (χ0v) is 5.85. The summed E-state index contributed by atoms with van der Waals surface area (Å²) in [6, 6.07) is 0. The van der Waals surface area contributed by atoms with Crippen LogP contribution in [-0.2, 0) is 4.79 Å². The Morgan fingerprint density at radius 3 is 2.11 bits per heavy atom. The summed E-state index contributed by atoms with van der Waals surface area (Å²) in [6.45, 7) is 5.19. The third-order valence-electron chi connectivity index (χ3n) is 1.17. The van der Waals surface area contributed by atoms with E-state index in [1.165, 1.54) is 0 Å². The van der Waals surface area contributed by atoms with Gasteiger partial charge in [-0.3, -0.25) is 4.79 Å². The van der Waals surface area contributed by atoms with E-state index in [0.29, 0.717) is 13.1 Å². The van der Waals surface area contributed by atoms with Crippen molar-refractivity contribution in [3.05, 3.63) is 0 Å². The van der Waals surface area contributed by atoms with Gasteiger partial charge in [-0.2, -0.15) is 0 Å². The van der Waals surface area contributed by atoms with Crippen LogP contribution < -0.4 is 0 Å². The lowest BCUT2D eigenvalue weighted by atomic mass is 10.5. The highest BCUT2D eigenvalue weighted by molar-refractivity contribution is 5.92. The number of hydrogen-bond donors (Lipinski definition) is 0. The molecule has 0 saturated carbocycles. The molecule has 2 heteroatoms. The Morgan fingerprint density at radius 1 is 1.56 bits per heavy atom. The minimum absolute atomic E-state index is 0.222. The van der Waals surface area contributed by atoms with Gasteiger partial charge in [-0.1, -0.05) is 0 Å². The maximum absolute atomic E-state index is 10.7. The lowest BCUT2D eigenvalue weighted by Crippen LogP contribution is -2.28. The summed E-state index contributed by atoms with van der Waals surface area (Å²) >= 11 is 0. The Bertz CT molecular complexity index is 130. The van der Waals surface area contributed by atoms with Crippen molar-refractivity contribution >= 4 is 5.91 Å². The lowest BCUT2D eigenvalue weighted by Gasteiger charge is -2.13. The molecule has 0 bridgehead atoms. The Labute approximate surface area is 55.8 Å². The quantitative estimate of drug-likeness (QED) is 0.492. The predicted octanol–water partition coefficient (Wildman–Crippen LogP) is 0.488. The molecule has 0 saturated heterocycles. The van der Waals surface area contributed by atoms with Crippen molar-refractivity contribution < 1.29 is 4.79 Å². The first-order valence-electron chi connectivity index (χ1n) is 3.01. The molecule has 2 nitrogen and oxygen atoms in total. The summed E-state index contributed by atoms with van der Waals surface area (Å²) in [5.74, 6) is 1.83. The van der Waals surface area contributed by atoms with Gasteiger partial charge in [-0.15, -0.1) is 6.42 Å². The first-order valence-corrected chi connectivity index (χ1v) is 3.01. The van der Waals surface area contributed by atoms with Crippen molar-refractivity contribution in [2.24, 2.45) is 0 Å². The average Bonchev–Trinajstić information content (AvgIpc) is 1.90. The third-order valence-corrected chi connectivity index (χ3v) is 1.17. The number of hydrogen-bond acceptors (Lipinski definition) is 1. The second-order valence-electron chi connectivity index (χ2n) is 1.62. The number of amides is 1. The summed E-state index contributed by atoms with van der Waals surface area (Å²) in [5, 5.41) is 0. The molecular formula is C7H11NO. The van der Waals surface area contributed by atoms with Crippen LogP contribution >= 0.6 is 0 Å². The van der Waals surface area contributed by atoms with Gasteiger partial charge in [0.25, 0.3) is 5.91 Å². The number of terminal acetylenes is 1. The molecule has 0 radical (unpaired) electrons. The van der Waals surface area contributed by atoms with Gasteiger partial charge in [0.2, 0.25) is 0 Å². The van der Waals surface area contributed by atoms with Crippen molar-refractivity contribution in [2.45, 2.75) is 13.8 Å². The molecular weight excluding hydrogens is 114 g/mol. The van der Waals surface area contributed by atoms with Gasteiger partial charge in [-0.05, 0) is 19.8 Å². The van der Waals surface area contributed by atoms with Crippen LogP contribution in [0.3, 0.4) is 0 Å². The second-order valence-corrected chi connectivity index (χ2v) is 1.62. The normalized spacial score (nSPS) is 8.11. The van der Waals surface area contributed by atoms with E-state index < -0.39 is 0 Å². The van der Waals surface area contributed by atoms with E-state index in [0.717, 1.165) is 0 Å². The van der Waals surface area contributed by atoms with Crippen LogP contribution in [0.1, 0.15) is 13.8 Å². The predicted molar refractivity (Wildman–Crippen MR) is 36.8 cm³/mol. The fourth-order valence-corrected chi connectivity index (χ4v) is 0.602. The van der Waals surface area contributed by atoms with Crippen LogP contribution in [0.2, 0.25) is 0 Å². The Kier molecular flexibility index (Phi) is 3.54. The molecule has 1 amide bonds. The van der Waals surface area contributed by atoms with Crippen LogP contribution in [0.5, 0.6) is 0 Å². The number of rotatable bonds is 2. The van der Waals surface area contributed by atoms with E-state index in [-0.39, 0.29) is 5.91 Å². The molecule has 0 atom stereocenters. The third kappa shape index (κ3) is 2.18. The van der Waals surface area contributed by atoms with E-state index in [1.807, 2.05) is 13.8 Å². The van der Waals surface area contributed by atoms with Crippen molar-refractivity contribution in [2.75, 3.05) is 13.1 Å². The maximum Gasteiger partial charge on any atom is 0.298 e. The molecule has 0 spiro atoms. The smallest absolute Gasteiger partial charge is 0.298 e. The van der Waals surface area contributed by atoms with Crippen LogP contribution in [-0.4, -0.2) is 23.9 Å². The van der Waals surface area contributed by atoms with Gasteiger partial charge in [0.1, 0.15) is 0 Å². The van der Waals surface area contributed by atoms with E-state index in [9.17, 15) is 4.79 Å². The minimum atomic E-state index is -0.222. The SMILES string of the molecule is C#CC(=O)N(CC)CC. The van der Waals surface area contributed by atoms with E-state index in [1.54, 1.807) is 4.90 Å². The molecule has 0 aromatic heterocycles. The average molecular weight is 125 g/mol. The van der Waals surface area contributed by atoms with E-state index >= 15 is 0 Å². The highest BCUT2D eigenvalue weighted by Gasteiger charge is 2.02. The van der Waals surface area contributed by atoms with Crippen molar-refractivity contribution in [1.82, 2.24) is 4.90 Å². The minimum Gasteiger partial charge on any atom is -0.332 e. The molecule has 0 N–H and O–H groups in total. The van der Waals surface area contributed by atoms with Crippen LogP contribution in [0.4, 0.5) is 0 Å². The van der Waals surface area contributed by atoms with Gasteiger partial charge in [0.15, 0.2) is 0 Å². The largest absolute Gasteiger partial charge is 0.332 e. The fourth-order valence-electron chi connectivity index (χ4n) is 0.602. The molecule has 0 heterocycles. The molecule has 0 aliphatic heterocycles. The summed E-state index contributed by atoms with van der Waals surface area (Å²) in [5.41, 5.74) is 0. The van der Waals surface area contributed by atoms with Crippen molar-refractivity contribution in [3.8, 4) is 12.3 Å². The monoisotopic (exact) mass is 125 g/mol. The second kappa shape index (κ2) is 3.96. The molecule has 0 aliphatic carbocycles. The van der Waals surface area contributed by atoms with E-state index in [4.69, 9.17) is 6.42 Å². The first kappa shape index (κ1) is 8.03. The number of carbonyl (C=O) groups is 1. The molecule has 50 valence electrons. The molecule has 9 heavy (non-hydrogen) atoms. The summed E-state index contributed by atoms with van der Waals surface area (Å²) < 4.78 is 0. The Morgan fingerprint density at radius 2 is 2.00 bits per heavy atom. The zero-order valence-electron chi connectivity index (χ0n) is 5.85. The topological polar surface area (TPSA) is 20.3 Å². The highest BCUT2D eigenvalue weighted by atomic mass is 16.2. The Hall–Kier alpha value is -0.970. The first-order chi connectivity index (χ1) is 4.26. The molecule has 0 aromatic rings. The van der Waals surface area contributed by atoms with Gasteiger partial charge >= 0.3 is 0 Å². The molecule has 0 rings (SSSR count). The standard InChI is InChI=1S/C7H11NO/c1-4-7(9)8(5-2)6-3/h1H,5-6H2,2-3H3.